The summed E-state index contributed by atoms with van der Waals surface area (Å²) in [6.45, 7) is 3.06. The minimum absolute atomic E-state index is 0.0161. The number of non-ortho nitro benzene ring substituents is 1. The van der Waals surface area contributed by atoms with Crippen LogP contribution in [0.15, 0.2) is 23.1 Å². The summed E-state index contributed by atoms with van der Waals surface area (Å²) >= 11 is 0. The van der Waals surface area contributed by atoms with E-state index >= 15 is 0 Å². The minimum atomic E-state index is -3.81. The Balaban J connectivity index is 2.71. The first-order chi connectivity index (χ1) is 12.6. The molecular formula is C16H20N2O8S. The number of ether oxygens (including phenoxy) is 1. The van der Waals surface area contributed by atoms with E-state index in [2.05, 4.69) is 0 Å². The van der Waals surface area contributed by atoms with Gasteiger partial charge < -0.3 is 14.7 Å². The zero-order chi connectivity index (χ0) is 20.4. The maximum absolute atomic E-state index is 12.5. The number of nitro benzene ring substituents is 1. The molecule has 1 N–H and O–H groups in total. The van der Waals surface area contributed by atoms with Gasteiger partial charge in [0, 0.05) is 24.2 Å². The van der Waals surface area contributed by atoms with E-state index in [-0.39, 0.29) is 41.5 Å². The molecule has 1 fully saturated rings. The highest BCUT2D eigenvalue weighted by Gasteiger charge is 2.45. The van der Waals surface area contributed by atoms with Crippen molar-refractivity contribution in [3.63, 3.8) is 0 Å². The lowest BCUT2D eigenvalue weighted by molar-refractivity contribution is -0.385. The first-order valence-electron chi connectivity index (χ1n) is 8.31. The van der Waals surface area contributed by atoms with Crippen LogP contribution in [0.25, 0.3) is 0 Å². The Bertz CT molecular complexity index is 867. The van der Waals surface area contributed by atoms with Crippen molar-refractivity contribution in [2.45, 2.75) is 31.2 Å². The van der Waals surface area contributed by atoms with Crippen molar-refractivity contribution in [1.82, 2.24) is 4.90 Å². The van der Waals surface area contributed by atoms with Crippen molar-refractivity contribution in [3.8, 4) is 0 Å². The van der Waals surface area contributed by atoms with Crippen molar-refractivity contribution in [3.05, 3.63) is 33.9 Å². The Morgan fingerprint density at radius 2 is 2.04 bits per heavy atom. The third kappa shape index (κ3) is 4.02. The normalized spacial score (nSPS) is 19.7. The number of amides is 1. The molecule has 0 radical (unpaired) electrons. The molecule has 0 saturated carbocycles. The lowest BCUT2D eigenvalue weighted by atomic mass is 9.93. The van der Waals surface area contributed by atoms with Crippen molar-refractivity contribution >= 4 is 27.6 Å². The van der Waals surface area contributed by atoms with Gasteiger partial charge in [-0.1, -0.05) is 6.92 Å². The van der Waals surface area contributed by atoms with E-state index in [1.165, 1.54) is 6.92 Å². The number of carboxylic acid groups (broad SMARTS) is 1. The zero-order valence-corrected chi connectivity index (χ0v) is 15.6. The van der Waals surface area contributed by atoms with Crippen molar-refractivity contribution < 1.29 is 32.8 Å². The largest absolute Gasteiger partial charge is 0.466 e. The molecule has 0 aliphatic carbocycles. The summed E-state index contributed by atoms with van der Waals surface area (Å²) in [6.07, 6.45) is -1.22. The molecule has 10 nitrogen and oxygen atoms in total. The number of likely N-dealkylation sites (tertiary alicyclic amines) is 1. The molecule has 2 atom stereocenters. The van der Waals surface area contributed by atoms with Gasteiger partial charge in [-0.3, -0.25) is 14.9 Å². The number of sulfone groups is 1. The van der Waals surface area contributed by atoms with Gasteiger partial charge in [0.05, 0.1) is 34.1 Å². The van der Waals surface area contributed by atoms with E-state index in [9.17, 15) is 33.2 Å². The number of benzene rings is 1. The van der Waals surface area contributed by atoms with Gasteiger partial charge in [0.25, 0.3) is 5.69 Å². The maximum Gasteiger partial charge on any atom is 0.407 e. The predicted octanol–water partition coefficient (Wildman–Crippen LogP) is 1.99. The molecule has 0 spiro atoms. The van der Waals surface area contributed by atoms with E-state index in [4.69, 9.17) is 4.74 Å². The fourth-order valence-electron chi connectivity index (χ4n) is 3.21. The summed E-state index contributed by atoms with van der Waals surface area (Å²) in [5.41, 5.74) is -0.469. The highest BCUT2D eigenvalue weighted by molar-refractivity contribution is 7.91. The number of esters is 1. The second kappa shape index (κ2) is 7.91. The Kier molecular flexibility index (Phi) is 6.04. The standard InChI is InChI=1S/C16H20N2O8S/c1-3-26-15(19)11-7-8-17(16(20)21)14(11)12-9-10(18(22)23)5-6-13(12)27(24,25)4-2/h5-6,9,11,14H,3-4,7-8H2,1-2H3,(H,20,21). The van der Waals surface area contributed by atoms with E-state index in [0.29, 0.717) is 0 Å². The van der Waals surface area contributed by atoms with Crippen LogP contribution >= 0.6 is 0 Å². The number of carbonyl (C=O) groups is 2. The molecule has 1 amide bonds. The van der Waals surface area contributed by atoms with Gasteiger partial charge in [0.1, 0.15) is 0 Å². The Labute approximate surface area is 155 Å². The van der Waals surface area contributed by atoms with E-state index in [1.807, 2.05) is 0 Å². The molecule has 2 unspecified atom stereocenters. The molecular weight excluding hydrogens is 380 g/mol. The third-order valence-corrected chi connectivity index (χ3v) is 6.27. The summed E-state index contributed by atoms with van der Waals surface area (Å²) in [5, 5.41) is 20.7. The van der Waals surface area contributed by atoms with Crippen molar-refractivity contribution in [1.29, 1.82) is 0 Å². The first kappa shape index (κ1) is 20.6. The quantitative estimate of drug-likeness (QED) is 0.434. The Morgan fingerprint density at radius 3 is 2.56 bits per heavy atom. The zero-order valence-electron chi connectivity index (χ0n) is 14.8. The molecule has 1 saturated heterocycles. The monoisotopic (exact) mass is 400 g/mol. The summed E-state index contributed by atoms with van der Waals surface area (Å²) in [5.74, 6) is -1.90. The summed E-state index contributed by atoms with van der Waals surface area (Å²) in [7, 11) is -3.81. The van der Waals surface area contributed by atoms with E-state index in [1.54, 1.807) is 6.92 Å². The molecule has 1 aromatic rings. The summed E-state index contributed by atoms with van der Waals surface area (Å²) in [4.78, 5) is 35.1. The number of nitro groups is 1. The van der Waals surface area contributed by atoms with Gasteiger partial charge in [0.15, 0.2) is 9.84 Å². The van der Waals surface area contributed by atoms with Crippen molar-refractivity contribution in [2.75, 3.05) is 18.9 Å². The van der Waals surface area contributed by atoms with Gasteiger partial charge >= 0.3 is 12.1 Å². The fourth-order valence-corrected chi connectivity index (χ4v) is 4.33. The molecule has 1 aliphatic rings. The van der Waals surface area contributed by atoms with Crippen LogP contribution in [0.4, 0.5) is 10.5 Å². The van der Waals surface area contributed by atoms with Crippen LogP contribution in [-0.4, -0.2) is 54.3 Å². The number of carbonyl (C=O) groups excluding carboxylic acids is 1. The number of hydrogen-bond donors (Lipinski definition) is 1. The fraction of sp³-hybridized carbons (Fsp3) is 0.500. The lowest BCUT2D eigenvalue weighted by Crippen LogP contribution is -2.34. The van der Waals surface area contributed by atoms with Crippen LogP contribution in [-0.2, 0) is 19.4 Å². The highest BCUT2D eigenvalue weighted by Crippen LogP contribution is 2.42. The summed E-state index contributed by atoms with van der Waals surface area (Å²) < 4.78 is 30.0. The van der Waals surface area contributed by atoms with Crippen LogP contribution in [0.2, 0.25) is 0 Å². The first-order valence-corrected chi connectivity index (χ1v) is 9.96. The van der Waals surface area contributed by atoms with E-state index < -0.39 is 38.8 Å². The lowest BCUT2D eigenvalue weighted by Gasteiger charge is -2.27. The van der Waals surface area contributed by atoms with E-state index in [0.717, 1.165) is 23.1 Å². The van der Waals surface area contributed by atoms with Gasteiger partial charge in [0.2, 0.25) is 0 Å². The average Bonchev–Trinajstić information content (AvgIpc) is 3.06. The minimum Gasteiger partial charge on any atom is -0.466 e. The number of rotatable bonds is 6. The smallest absolute Gasteiger partial charge is 0.407 e. The molecule has 0 aromatic heterocycles. The van der Waals surface area contributed by atoms with Crippen LogP contribution < -0.4 is 0 Å². The third-order valence-electron chi connectivity index (χ3n) is 4.47. The van der Waals surface area contributed by atoms with Crippen LogP contribution in [0.1, 0.15) is 31.9 Å². The number of nitrogens with zero attached hydrogens (tertiary/aromatic N) is 2. The molecule has 1 aromatic carbocycles. The average molecular weight is 400 g/mol. The van der Waals surface area contributed by atoms with Crippen molar-refractivity contribution in [2.24, 2.45) is 5.92 Å². The van der Waals surface area contributed by atoms with Gasteiger partial charge in [-0.15, -0.1) is 0 Å². The number of hydrogen-bond acceptors (Lipinski definition) is 7. The molecule has 0 bridgehead atoms. The molecule has 1 aliphatic heterocycles. The highest BCUT2D eigenvalue weighted by atomic mass is 32.2. The molecule has 2 rings (SSSR count). The predicted molar refractivity (Wildman–Crippen MR) is 93.0 cm³/mol. The second-order valence-corrected chi connectivity index (χ2v) is 8.20. The van der Waals surface area contributed by atoms with Gasteiger partial charge in [-0.25, -0.2) is 13.2 Å². The van der Waals surface area contributed by atoms with Gasteiger partial charge in [-0.2, -0.15) is 0 Å². The molecule has 1 heterocycles. The SMILES string of the molecule is CCOC(=O)C1CCN(C(=O)O)C1c1cc([N+](=O)[O-])ccc1S(=O)(=O)CC. The molecule has 148 valence electrons. The molecule has 27 heavy (non-hydrogen) atoms. The topological polar surface area (TPSA) is 144 Å². The second-order valence-electron chi connectivity index (χ2n) is 5.95. The maximum atomic E-state index is 12.5. The van der Waals surface area contributed by atoms with Crippen LogP contribution in [0, 0.1) is 16.0 Å². The Hall–Kier alpha value is -2.69. The van der Waals surface area contributed by atoms with Gasteiger partial charge in [-0.05, 0) is 19.4 Å². The van der Waals surface area contributed by atoms with Crippen LogP contribution in [0.5, 0.6) is 0 Å². The Morgan fingerprint density at radius 1 is 1.37 bits per heavy atom. The summed E-state index contributed by atoms with van der Waals surface area (Å²) in [6, 6.07) is 1.98. The molecule has 11 heteroatoms. The van der Waals surface area contributed by atoms with Crippen LogP contribution in [0.3, 0.4) is 0 Å².